The van der Waals surface area contributed by atoms with Crippen molar-refractivity contribution in [1.29, 1.82) is 0 Å². The number of rotatable bonds is 2. The Hall–Kier alpha value is -1.49. The van der Waals surface area contributed by atoms with E-state index in [1.165, 1.54) is 6.07 Å². The Morgan fingerprint density at radius 2 is 2.21 bits per heavy atom. The fourth-order valence-corrected chi connectivity index (χ4v) is 1.41. The summed E-state index contributed by atoms with van der Waals surface area (Å²) in [7, 11) is 0. The summed E-state index contributed by atoms with van der Waals surface area (Å²) in [5, 5.41) is 17.9. The van der Waals surface area contributed by atoms with Crippen LogP contribution in [0.25, 0.3) is 0 Å². The van der Waals surface area contributed by atoms with E-state index in [-0.39, 0.29) is 31.1 Å². The van der Waals surface area contributed by atoms with Crippen LogP contribution in [0.2, 0.25) is 0 Å². The van der Waals surface area contributed by atoms with E-state index in [2.05, 4.69) is 0 Å². The molecule has 5 heteroatoms. The third-order valence-electron chi connectivity index (χ3n) is 2.04. The second-order valence-corrected chi connectivity index (χ2v) is 2.90. The highest BCUT2D eigenvalue weighted by Crippen LogP contribution is 2.41. The number of halogens is 1. The predicted octanol–water partition coefficient (Wildman–Crippen LogP) is 0.795. The van der Waals surface area contributed by atoms with Crippen LogP contribution in [0, 0.1) is 5.82 Å². The zero-order valence-corrected chi connectivity index (χ0v) is 7.29. The summed E-state index contributed by atoms with van der Waals surface area (Å²) >= 11 is 0. The second kappa shape index (κ2) is 3.34. The number of aliphatic hydroxyl groups excluding tert-OH is 1. The van der Waals surface area contributed by atoms with Crippen LogP contribution in [0.3, 0.4) is 0 Å². The first-order chi connectivity index (χ1) is 6.74. The average molecular weight is 200 g/mol. The van der Waals surface area contributed by atoms with E-state index < -0.39 is 11.6 Å². The van der Waals surface area contributed by atoms with Gasteiger partial charge in [-0.15, -0.1) is 0 Å². The zero-order valence-electron chi connectivity index (χ0n) is 7.29. The van der Waals surface area contributed by atoms with E-state index in [4.69, 9.17) is 14.6 Å². The lowest BCUT2D eigenvalue weighted by molar-refractivity contribution is 0.172. The van der Waals surface area contributed by atoms with Crippen LogP contribution in [-0.4, -0.2) is 23.6 Å². The molecular weight excluding hydrogens is 191 g/mol. The molecule has 0 amide bonds. The number of hydrogen-bond donors (Lipinski definition) is 2. The summed E-state index contributed by atoms with van der Waals surface area (Å²) in [6.45, 7) is -0.202. The van der Waals surface area contributed by atoms with Gasteiger partial charge in [-0.25, -0.2) is 4.39 Å². The minimum atomic E-state index is -0.761. The number of phenolic OH excluding ortho intramolecular Hbond substituents is 1. The maximum absolute atomic E-state index is 13.3. The van der Waals surface area contributed by atoms with Gasteiger partial charge in [-0.3, -0.25) is 0 Å². The van der Waals surface area contributed by atoms with Gasteiger partial charge < -0.3 is 19.7 Å². The molecule has 0 bridgehead atoms. The molecule has 1 aromatic rings. The molecule has 0 fully saturated rings. The summed E-state index contributed by atoms with van der Waals surface area (Å²) < 4.78 is 23.4. The number of aliphatic hydroxyl groups is 1. The minimum absolute atomic E-state index is 0.0106. The van der Waals surface area contributed by atoms with Crippen molar-refractivity contribution in [3.8, 4) is 17.2 Å². The van der Waals surface area contributed by atoms with Crippen LogP contribution in [0.1, 0.15) is 5.56 Å². The summed E-state index contributed by atoms with van der Waals surface area (Å²) in [5.41, 5.74) is 0.153. The van der Waals surface area contributed by atoms with Crippen molar-refractivity contribution in [2.45, 2.75) is 6.42 Å². The Bertz CT molecular complexity index is 364. The molecular formula is C9H9FO4. The van der Waals surface area contributed by atoms with Crippen molar-refractivity contribution in [2.75, 3.05) is 13.4 Å². The minimum Gasteiger partial charge on any atom is -0.505 e. The van der Waals surface area contributed by atoms with E-state index in [1.807, 2.05) is 0 Å². The molecule has 2 N–H and O–H groups in total. The lowest BCUT2D eigenvalue weighted by Gasteiger charge is -2.06. The molecule has 0 unspecified atom stereocenters. The largest absolute Gasteiger partial charge is 0.505 e. The van der Waals surface area contributed by atoms with Crippen LogP contribution >= 0.6 is 0 Å². The molecule has 1 aliphatic rings. The average Bonchev–Trinajstić information content (AvgIpc) is 2.60. The highest BCUT2D eigenvalue weighted by Gasteiger charge is 2.23. The monoisotopic (exact) mass is 200 g/mol. The Kier molecular flexibility index (Phi) is 2.17. The first-order valence-electron chi connectivity index (χ1n) is 4.15. The third-order valence-corrected chi connectivity index (χ3v) is 2.04. The van der Waals surface area contributed by atoms with Crippen molar-refractivity contribution in [2.24, 2.45) is 0 Å². The molecule has 76 valence electrons. The smallest absolute Gasteiger partial charge is 0.231 e. The Labute approximate surface area is 79.5 Å². The number of benzene rings is 1. The lowest BCUT2D eigenvalue weighted by atomic mass is 10.1. The van der Waals surface area contributed by atoms with Crippen LogP contribution in [0.4, 0.5) is 4.39 Å². The lowest BCUT2D eigenvalue weighted by Crippen LogP contribution is -1.98. The van der Waals surface area contributed by atoms with Gasteiger partial charge in [0, 0.05) is 24.7 Å². The number of fused-ring (bicyclic) bond motifs is 1. The molecule has 0 aliphatic carbocycles. The molecule has 0 aromatic heterocycles. The van der Waals surface area contributed by atoms with E-state index in [1.54, 1.807) is 0 Å². The van der Waals surface area contributed by atoms with E-state index in [9.17, 15) is 9.50 Å². The Morgan fingerprint density at radius 1 is 1.43 bits per heavy atom. The van der Waals surface area contributed by atoms with Gasteiger partial charge in [0.05, 0.1) is 0 Å². The molecule has 1 heterocycles. The normalized spacial score (nSPS) is 13.3. The molecule has 0 saturated heterocycles. The van der Waals surface area contributed by atoms with E-state index >= 15 is 0 Å². The standard InChI is InChI=1S/C9H9FO4/c10-8-5(1-2-11)9-7(3-6(8)12)13-4-14-9/h3,11-12H,1-2,4H2. The molecule has 0 spiro atoms. The molecule has 4 nitrogen and oxygen atoms in total. The highest BCUT2D eigenvalue weighted by molar-refractivity contribution is 5.53. The van der Waals surface area contributed by atoms with Gasteiger partial charge in [0.1, 0.15) is 0 Å². The van der Waals surface area contributed by atoms with Crippen molar-refractivity contribution in [3.63, 3.8) is 0 Å². The summed E-state index contributed by atoms with van der Waals surface area (Å²) in [4.78, 5) is 0. The first kappa shape index (κ1) is 9.08. The van der Waals surface area contributed by atoms with Gasteiger partial charge in [-0.2, -0.15) is 0 Å². The van der Waals surface area contributed by atoms with E-state index in [0.717, 1.165) is 0 Å². The molecule has 0 saturated carbocycles. The fourth-order valence-electron chi connectivity index (χ4n) is 1.41. The van der Waals surface area contributed by atoms with Gasteiger partial charge in [-0.05, 0) is 0 Å². The highest BCUT2D eigenvalue weighted by atomic mass is 19.1. The van der Waals surface area contributed by atoms with Gasteiger partial charge in [0.25, 0.3) is 0 Å². The maximum Gasteiger partial charge on any atom is 0.231 e. The molecule has 14 heavy (non-hydrogen) atoms. The molecule has 1 aromatic carbocycles. The van der Waals surface area contributed by atoms with Gasteiger partial charge in [0.2, 0.25) is 6.79 Å². The number of phenols is 1. The number of aromatic hydroxyl groups is 1. The zero-order chi connectivity index (χ0) is 10.1. The van der Waals surface area contributed by atoms with Crippen LogP contribution in [0.5, 0.6) is 17.2 Å². The number of ether oxygens (including phenoxy) is 2. The van der Waals surface area contributed by atoms with Gasteiger partial charge in [-0.1, -0.05) is 0 Å². The first-order valence-corrected chi connectivity index (χ1v) is 4.15. The maximum atomic E-state index is 13.3. The topological polar surface area (TPSA) is 58.9 Å². The van der Waals surface area contributed by atoms with Crippen molar-refractivity contribution in [3.05, 3.63) is 17.4 Å². The van der Waals surface area contributed by atoms with Gasteiger partial charge >= 0.3 is 0 Å². The second-order valence-electron chi connectivity index (χ2n) is 2.90. The fraction of sp³-hybridized carbons (Fsp3) is 0.333. The number of hydrogen-bond acceptors (Lipinski definition) is 4. The van der Waals surface area contributed by atoms with Crippen molar-refractivity contribution < 1.29 is 24.1 Å². The Balaban J connectivity index is 2.54. The van der Waals surface area contributed by atoms with Gasteiger partial charge in [0.15, 0.2) is 23.1 Å². The summed E-state index contributed by atoms with van der Waals surface area (Å²) in [6, 6.07) is 1.17. The Morgan fingerprint density at radius 3 is 2.93 bits per heavy atom. The van der Waals surface area contributed by atoms with Crippen LogP contribution < -0.4 is 9.47 Å². The predicted molar refractivity (Wildman–Crippen MR) is 45.0 cm³/mol. The molecule has 2 rings (SSSR count). The SMILES string of the molecule is OCCc1c(F)c(O)cc2c1OCO2. The van der Waals surface area contributed by atoms with Crippen LogP contribution in [-0.2, 0) is 6.42 Å². The molecule has 1 aliphatic heterocycles. The quantitative estimate of drug-likeness (QED) is 0.741. The van der Waals surface area contributed by atoms with E-state index in [0.29, 0.717) is 5.75 Å². The molecule has 0 atom stereocenters. The summed E-state index contributed by atoms with van der Waals surface area (Å²) in [5.74, 6) is -0.664. The van der Waals surface area contributed by atoms with Crippen LogP contribution in [0.15, 0.2) is 6.07 Å². The molecule has 0 radical (unpaired) electrons. The summed E-state index contributed by atoms with van der Waals surface area (Å²) in [6.07, 6.45) is 0.0892. The third kappa shape index (κ3) is 1.26. The van der Waals surface area contributed by atoms with Crippen molar-refractivity contribution in [1.82, 2.24) is 0 Å². The van der Waals surface area contributed by atoms with Crippen molar-refractivity contribution >= 4 is 0 Å².